The van der Waals surface area contributed by atoms with Crippen molar-refractivity contribution in [3.8, 4) is 0 Å². The van der Waals surface area contributed by atoms with E-state index in [1.807, 2.05) is 0 Å². The quantitative estimate of drug-likeness (QED) is 0.559. The molecule has 0 aromatic heterocycles. The van der Waals surface area contributed by atoms with Crippen molar-refractivity contribution < 1.29 is 4.74 Å². The fraction of sp³-hybridized carbons (Fsp3) is 0.360. The second-order valence-electron chi connectivity index (χ2n) is 7.81. The molecule has 0 N–H and O–H groups in total. The fourth-order valence-electron chi connectivity index (χ4n) is 4.32. The van der Waals surface area contributed by atoms with Crippen LogP contribution in [0.5, 0.6) is 0 Å². The molecular formula is C25H29NO. The molecule has 2 nitrogen and oxygen atoms in total. The average molecular weight is 360 g/mol. The lowest BCUT2D eigenvalue weighted by Crippen LogP contribution is -2.45. The molecule has 140 valence electrons. The summed E-state index contributed by atoms with van der Waals surface area (Å²) in [5, 5.41) is 2.73. The first-order chi connectivity index (χ1) is 13.2. The van der Waals surface area contributed by atoms with E-state index in [2.05, 4.69) is 85.5 Å². The Morgan fingerprint density at radius 3 is 2.74 bits per heavy atom. The number of benzene rings is 3. The van der Waals surface area contributed by atoms with Crippen molar-refractivity contribution >= 4 is 16.5 Å². The van der Waals surface area contributed by atoms with Crippen LogP contribution in [0.1, 0.15) is 36.8 Å². The summed E-state index contributed by atoms with van der Waals surface area (Å²) in [6.45, 7) is 7.17. The highest BCUT2D eigenvalue weighted by Crippen LogP contribution is 2.31. The maximum Gasteiger partial charge on any atom is 0.0670 e. The molecule has 1 aliphatic rings. The zero-order chi connectivity index (χ0) is 18.6. The summed E-state index contributed by atoms with van der Waals surface area (Å²) in [5.41, 5.74) is 4.12. The van der Waals surface area contributed by atoms with Gasteiger partial charge in [-0.3, -0.25) is 0 Å². The molecule has 3 aromatic carbocycles. The molecule has 1 unspecified atom stereocenters. The molecule has 0 saturated carbocycles. The van der Waals surface area contributed by atoms with Gasteiger partial charge in [-0.15, -0.1) is 0 Å². The van der Waals surface area contributed by atoms with Gasteiger partial charge >= 0.3 is 0 Å². The molecule has 1 saturated heterocycles. The van der Waals surface area contributed by atoms with Gasteiger partial charge in [-0.1, -0.05) is 61.5 Å². The Morgan fingerprint density at radius 2 is 1.85 bits per heavy atom. The molecule has 1 aliphatic heterocycles. The van der Waals surface area contributed by atoms with Crippen LogP contribution in [0, 0.1) is 6.92 Å². The molecule has 0 bridgehead atoms. The van der Waals surface area contributed by atoms with E-state index < -0.39 is 0 Å². The lowest BCUT2D eigenvalue weighted by atomic mass is 9.90. The maximum atomic E-state index is 5.83. The van der Waals surface area contributed by atoms with Gasteiger partial charge in [0.05, 0.1) is 19.3 Å². The van der Waals surface area contributed by atoms with Gasteiger partial charge in [0.1, 0.15) is 0 Å². The Hall–Kier alpha value is -2.32. The fourth-order valence-corrected chi connectivity index (χ4v) is 4.32. The number of fused-ring (bicyclic) bond motifs is 1. The van der Waals surface area contributed by atoms with Gasteiger partial charge in [0, 0.05) is 12.2 Å². The number of nitrogens with zero attached hydrogens (tertiary/aromatic N) is 1. The Bertz CT molecular complexity index is 898. The summed E-state index contributed by atoms with van der Waals surface area (Å²) in [6, 6.07) is 24.7. The zero-order valence-corrected chi connectivity index (χ0v) is 16.4. The Balaban J connectivity index is 1.49. The minimum absolute atomic E-state index is 0.456. The third kappa shape index (κ3) is 4.01. The highest BCUT2D eigenvalue weighted by molar-refractivity contribution is 5.86. The SMILES string of the molecule is Cc1cccc(N2CCOCC2CC[C@H](C)c2cccc3ccccc23)c1. The van der Waals surface area contributed by atoms with Crippen molar-refractivity contribution in [1.82, 2.24) is 0 Å². The summed E-state index contributed by atoms with van der Waals surface area (Å²) < 4.78 is 5.83. The normalized spacial score (nSPS) is 18.6. The summed E-state index contributed by atoms with van der Waals surface area (Å²) in [5.74, 6) is 0.539. The lowest BCUT2D eigenvalue weighted by Gasteiger charge is -2.38. The maximum absolute atomic E-state index is 5.83. The number of hydrogen-bond acceptors (Lipinski definition) is 2. The first kappa shape index (κ1) is 18.1. The van der Waals surface area contributed by atoms with Crippen LogP contribution < -0.4 is 4.90 Å². The van der Waals surface area contributed by atoms with E-state index in [-0.39, 0.29) is 0 Å². The summed E-state index contributed by atoms with van der Waals surface area (Å²) >= 11 is 0. The van der Waals surface area contributed by atoms with Crippen LogP contribution in [0.4, 0.5) is 5.69 Å². The lowest BCUT2D eigenvalue weighted by molar-refractivity contribution is 0.0905. The van der Waals surface area contributed by atoms with Crippen molar-refractivity contribution in [1.29, 1.82) is 0 Å². The topological polar surface area (TPSA) is 12.5 Å². The van der Waals surface area contributed by atoms with Gasteiger partial charge in [-0.25, -0.2) is 0 Å². The smallest absolute Gasteiger partial charge is 0.0670 e. The van der Waals surface area contributed by atoms with E-state index in [1.165, 1.54) is 34.0 Å². The van der Waals surface area contributed by atoms with E-state index in [1.54, 1.807) is 0 Å². The van der Waals surface area contributed by atoms with Crippen molar-refractivity contribution in [2.45, 2.75) is 38.6 Å². The summed E-state index contributed by atoms with van der Waals surface area (Å²) in [4.78, 5) is 2.55. The third-order valence-electron chi connectivity index (χ3n) is 5.85. The van der Waals surface area contributed by atoms with Crippen LogP contribution in [0.2, 0.25) is 0 Å². The number of anilines is 1. The summed E-state index contributed by atoms with van der Waals surface area (Å²) in [6.07, 6.45) is 2.32. The monoisotopic (exact) mass is 359 g/mol. The summed E-state index contributed by atoms with van der Waals surface area (Å²) in [7, 11) is 0. The Morgan fingerprint density at radius 1 is 1.04 bits per heavy atom. The largest absolute Gasteiger partial charge is 0.377 e. The number of ether oxygens (including phenoxy) is 1. The molecule has 0 amide bonds. The van der Waals surface area contributed by atoms with Gasteiger partial charge in [0.2, 0.25) is 0 Å². The number of morpholine rings is 1. The Kier molecular flexibility index (Phi) is 5.45. The molecule has 2 atom stereocenters. The predicted molar refractivity (Wildman–Crippen MR) is 115 cm³/mol. The molecule has 2 heteroatoms. The molecule has 27 heavy (non-hydrogen) atoms. The van der Waals surface area contributed by atoms with Gasteiger partial charge in [0.25, 0.3) is 0 Å². The van der Waals surface area contributed by atoms with Gasteiger partial charge in [-0.05, 0) is 59.7 Å². The number of hydrogen-bond donors (Lipinski definition) is 0. The molecule has 1 fully saturated rings. The van der Waals surface area contributed by atoms with Gasteiger partial charge in [-0.2, -0.15) is 0 Å². The van der Waals surface area contributed by atoms with Crippen LogP contribution >= 0.6 is 0 Å². The second-order valence-corrected chi connectivity index (χ2v) is 7.81. The van der Waals surface area contributed by atoms with Crippen molar-refractivity contribution in [3.05, 3.63) is 77.9 Å². The van der Waals surface area contributed by atoms with E-state index in [4.69, 9.17) is 4.74 Å². The van der Waals surface area contributed by atoms with Crippen LogP contribution in [0.25, 0.3) is 10.8 Å². The van der Waals surface area contributed by atoms with Crippen molar-refractivity contribution in [2.75, 3.05) is 24.7 Å². The first-order valence-electron chi connectivity index (χ1n) is 10.1. The van der Waals surface area contributed by atoms with E-state index in [0.29, 0.717) is 12.0 Å². The first-order valence-corrected chi connectivity index (χ1v) is 10.1. The molecule has 3 aromatic rings. The highest BCUT2D eigenvalue weighted by atomic mass is 16.5. The van der Waals surface area contributed by atoms with Crippen LogP contribution in [-0.4, -0.2) is 25.8 Å². The molecule has 1 heterocycles. The van der Waals surface area contributed by atoms with Crippen LogP contribution in [-0.2, 0) is 4.74 Å². The number of rotatable bonds is 5. The van der Waals surface area contributed by atoms with Crippen LogP contribution in [0.15, 0.2) is 66.7 Å². The molecular weight excluding hydrogens is 330 g/mol. The molecule has 0 spiro atoms. The van der Waals surface area contributed by atoms with Crippen LogP contribution in [0.3, 0.4) is 0 Å². The standard InChI is InChI=1S/C25H29NO/c1-19-7-5-10-22(17-19)26-15-16-27-18-23(26)14-13-20(2)24-12-6-9-21-8-3-4-11-25(21)24/h3-12,17,20,23H,13-16,18H2,1-2H3/t20-,23?/m0/s1. The third-order valence-corrected chi connectivity index (χ3v) is 5.85. The molecule has 0 radical (unpaired) electrons. The van der Waals surface area contributed by atoms with Crippen molar-refractivity contribution in [2.24, 2.45) is 0 Å². The minimum atomic E-state index is 0.456. The van der Waals surface area contributed by atoms with E-state index in [0.717, 1.165) is 26.2 Å². The highest BCUT2D eigenvalue weighted by Gasteiger charge is 2.24. The van der Waals surface area contributed by atoms with Crippen molar-refractivity contribution in [3.63, 3.8) is 0 Å². The van der Waals surface area contributed by atoms with E-state index >= 15 is 0 Å². The predicted octanol–water partition coefficient (Wildman–Crippen LogP) is 5.94. The Labute approximate surface area is 162 Å². The van der Waals surface area contributed by atoms with Gasteiger partial charge in [0.15, 0.2) is 0 Å². The molecule has 4 rings (SSSR count). The minimum Gasteiger partial charge on any atom is -0.377 e. The number of aryl methyl sites for hydroxylation is 1. The second kappa shape index (κ2) is 8.14. The molecule has 0 aliphatic carbocycles. The zero-order valence-electron chi connectivity index (χ0n) is 16.4. The van der Waals surface area contributed by atoms with Gasteiger partial charge < -0.3 is 9.64 Å². The van der Waals surface area contributed by atoms with E-state index in [9.17, 15) is 0 Å². The average Bonchev–Trinajstić information content (AvgIpc) is 2.72.